The van der Waals surface area contributed by atoms with Crippen molar-refractivity contribution in [2.24, 2.45) is 0 Å². The van der Waals surface area contributed by atoms with Gasteiger partial charge in [0.15, 0.2) is 14.9 Å². The molecule has 0 bridgehead atoms. The minimum atomic E-state index is 0.448. The van der Waals surface area contributed by atoms with E-state index in [4.69, 9.17) is 16.3 Å². The first-order valence-electron chi connectivity index (χ1n) is 3.71. The van der Waals surface area contributed by atoms with Gasteiger partial charge in [0.05, 0.1) is 12.8 Å². The minimum Gasteiger partial charge on any atom is -0.477 e. The Hall–Kier alpha value is -0.940. The average Bonchev–Trinajstić information content (AvgIpc) is 2.44. The molecule has 4 nitrogen and oxygen atoms in total. The summed E-state index contributed by atoms with van der Waals surface area (Å²) in [5.74, 6) is 0.510. The maximum absolute atomic E-state index is 5.70. The summed E-state index contributed by atoms with van der Waals surface area (Å²) in [6.45, 7) is 2.47. The van der Waals surface area contributed by atoms with Crippen molar-refractivity contribution in [1.82, 2.24) is 15.0 Å². The number of ether oxygens (including phenoxy) is 1. The molecule has 0 saturated heterocycles. The lowest BCUT2D eigenvalue weighted by Gasteiger charge is -1.98. The van der Waals surface area contributed by atoms with Crippen molar-refractivity contribution in [3.8, 4) is 5.88 Å². The van der Waals surface area contributed by atoms with E-state index in [1.54, 1.807) is 6.20 Å². The van der Waals surface area contributed by atoms with E-state index in [1.807, 2.05) is 6.92 Å². The summed E-state index contributed by atoms with van der Waals surface area (Å²) >= 11 is 6.99. The molecule has 0 N–H and O–H groups in total. The van der Waals surface area contributed by atoms with Crippen molar-refractivity contribution in [1.29, 1.82) is 0 Å². The third-order valence-corrected chi connectivity index (χ3v) is 2.41. The fourth-order valence-corrected chi connectivity index (χ4v) is 1.82. The molecule has 68 valence electrons. The zero-order valence-corrected chi connectivity index (χ0v) is 8.39. The first-order valence-corrected chi connectivity index (χ1v) is 4.91. The van der Waals surface area contributed by atoms with Crippen LogP contribution in [-0.4, -0.2) is 21.6 Å². The Labute approximate surface area is 83.6 Å². The van der Waals surface area contributed by atoms with Gasteiger partial charge in [-0.15, -0.1) is 0 Å². The van der Waals surface area contributed by atoms with Crippen LogP contribution in [0.2, 0.25) is 4.47 Å². The highest BCUT2D eigenvalue weighted by Gasteiger charge is 2.05. The second-order valence-electron chi connectivity index (χ2n) is 2.24. The summed E-state index contributed by atoms with van der Waals surface area (Å²) in [5.41, 5.74) is 0.568. The van der Waals surface area contributed by atoms with Crippen LogP contribution in [-0.2, 0) is 0 Å². The predicted octanol–water partition coefficient (Wildman–Crippen LogP) is 2.14. The number of thiazole rings is 1. The molecule has 0 saturated carbocycles. The lowest BCUT2D eigenvalue weighted by Crippen LogP contribution is -1.94. The summed E-state index contributed by atoms with van der Waals surface area (Å²) < 4.78 is 5.63. The molecule has 0 aliphatic rings. The van der Waals surface area contributed by atoms with Crippen molar-refractivity contribution >= 4 is 33.4 Å². The summed E-state index contributed by atoms with van der Waals surface area (Å²) in [7, 11) is 0. The van der Waals surface area contributed by atoms with Crippen LogP contribution in [0, 0.1) is 0 Å². The second-order valence-corrected chi connectivity index (χ2v) is 3.80. The van der Waals surface area contributed by atoms with Crippen LogP contribution in [0.4, 0.5) is 0 Å². The van der Waals surface area contributed by atoms with Crippen molar-refractivity contribution in [3.05, 3.63) is 10.7 Å². The van der Waals surface area contributed by atoms with Gasteiger partial charge >= 0.3 is 0 Å². The number of hydrogen-bond donors (Lipinski definition) is 0. The molecule has 13 heavy (non-hydrogen) atoms. The zero-order valence-electron chi connectivity index (χ0n) is 6.82. The first kappa shape index (κ1) is 8.65. The standard InChI is InChI=1S/C7H6ClN3OS/c1-2-12-4-3-9-5-6(10-4)13-7(8)11-5/h3H,2H2,1H3. The van der Waals surface area contributed by atoms with E-state index in [-0.39, 0.29) is 0 Å². The summed E-state index contributed by atoms with van der Waals surface area (Å²) in [5, 5.41) is 0. The smallest absolute Gasteiger partial charge is 0.233 e. The van der Waals surface area contributed by atoms with Gasteiger partial charge in [0.25, 0.3) is 0 Å². The SMILES string of the molecule is CCOc1cnc2nc(Cl)sc2n1. The Balaban J connectivity index is 2.48. The number of aromatic nitrogens is 3. The van der Waals surface area contributed by atoms with Crippen molar-refractivity contribution in [2.45, 2.75) is 6.92 Å². The molecule has 0 spiro atoms. The van der Waals surface area contributed by atoms with Gasteiger partial charge in [0.1, 0.15) is 0 Å². The second kappa shape index (κ2) is 3.43. The molecular formula is C7H6ClN3OS. The van der Waals surface area contributed by atoms with Gasteiger partial charge in [0.2, 0.25) is 5.88 Å². The molecule has 0 aliphatic heterocycles. The third-order valence-electron chi connectivity index (χ3n) is 1.37. The van der Waals surface area contributed by atoms with Crippen molar-refractivity contribution in [3.63, 3.8) is 0 Å². The Morgan fingerprint density at radius 2 is 2.38 bits per heavy atom. The normalized spacial score (nSPS) is 10.6. The van der Waals surface area contributed by atoms with Gasteiger partial charge < -0.3 is 4.74 Å². The number of hydrogen-bond acceptors (Lipinski definition) is 5. The number of halogens is 1. The van der Waals surface area contributed by atoms with Gasteiger partial charge in [-0.1, -0.05) is 22.9 Å². The fourth-order valence-electron chi connectivity index (χ4n) is 0.899. The molecule has 0 atom stereocenters. The maximum Gasteiger partial charge on any atom is 0.233 e. The molecule has 2 aromatic rings. The van der Waals surface area contributed by atoms with Gasteiger partial charge in [-0.25, -0.2) is 9.97 Å². The predicted molar refractivity (Wildman–Crippen MR) is 51.4 cm³/mol. The highest BCUT2D eigenvalue weighted by Crippen LogP contribution is 2.23. The van der Waals surface area contributed by atoms with Crippen LogP contribution in [0.3, 0.4) is 0 Å². The van der Waals surface area contributed by atoms with Crippen LogP contribution in [0.15, 0.2) is 6.20 Å². The molecule has 0 amide bonds. The molecule has 0 fully saturated rings. The van der Waals surface area contributed by atoms with Crippen LogP contribution in [0.25, 0.3) is 10.5 Å². The summed E-state index contributed by atoms with van der Waals surface area (Å²) in [6.07, 6.45) is 1.54. The van der Waals surface area contributed by atoms with E-state index in [1.165, 1.54) is 11.3 Å². The Morgan fingerprint density at radius 3 is 3.15 bits per heavy atom. The molecule has 0 unspecified atom stereocenters. The van der Waals surface area contributed by atoms with Crippen LogP contribution in [0.5, 0.6) is 5.88 Å². The quantitative estimate of drug-likeness (QED) is 0.770. The molecule has 0 aromatic carbocycles. The lowest BCUT2D eigenvalue weighted by molar-refractivity contribution is 0.327. The molecule has 0 aliphatic carbocycles. The van der Waals surface area contributed by atoms with Gasteiger partial charge in [-0.3, -0.25) is 0 Å². The average molecular weight is 216 g/mol. The highest BCUT2D eigenvalue weighted by molar-refractivity contribution is 7.21. The van der Waals surface area contributed by atoms with E-state index in [2.05, 4.69) is 15.0 Å². The number of rotatable bonds is 2. The number of nitrogens with zero attached hydrogens (tertiary/aromatic N) is 3. The van der Waals surface area contributed by atoms with Crippen LogP contribution >= 0.6 is 22.9 Å². The Kier molecular flexibility index (Phi) is 2.28. The van der Waals surface area contributed by atoms with E-state index in [0.717, 1.165) is 0 Å². The number of fused-ring (bicyclic) bond motifs is 1. The molecule has 2 heterocycles. The largest absolute Gasteiger partial charge is 0.477 e. The van der Waals surface area contributed by atoms with E-state index in [0.29, 0.717) is 27.4 Å². The molecule has 2 rings (SSSR count). The Bertz CT molecular complexity index is 431. The van der Waals surface area contributed by atoms with Crippen LogP contribution in [0.1, 0.15) is 6.92 Å². The van der Waals surface area contributed by atoms with E-state index >= 15 is 0 Å². The third kappa shape index (κ3) is 1.71. The first-order chi connectivity index (χ1) is 6.29. The maximum atomic E-state index is 5.70. The fraction of sp³-hybridized carbons (Fsp3) is 0.286. The van der Waals surface area contributed by atoms with Gasteiger partial charge in [-0.2, -0.15) is 4.98 Å². The van der Waals surface area contributed by atoms with Crippen LogP contribution < -0.4 is 4.74 Å². The topological polar surface area (TPSA) is 47.9 Å². The molecule has 2 aromatic heterocycles. The summed E-state index contributed by atoms with van der Waals surface area (Å²) in [6, 6.07) is 0. The van der Waals surface area contributed by atoms with Gasteiger partial charge in [-0.05, 0) is 6.92 Å². The Morgan fingerprint density at radius 1 is 1.54 bits per heavy atom. The van der Waals surface area contributed by atoms with E-state index < -0.39 is 0 Å². The molecule has 6 heteroatoms. The van der Waals surface area contributed by atoms with E-state index in [9.17, 15) is 0 Å². The van der Waals surface area contributed by atoms with Gasteiger partial charge in [0, 0.05) is 0 Å². The zero-order chi connectivity index (χ0) is 9.26. The minimum absolute atomic E-state index is 0.448. The summed E-state index contributed by atoms with van der Waals surface area (Å²) in [4.78, 5) is 12.9. The highest BCUT2D eigenvalue weighted by atomic mass is 35.5. The van der Waals surface area contributed by atoms with Crippen molar-refractivity contribution < 1.29 is 4.74 Å². The molecule has 0 radical (unpaired) electrons. The van der Waals surface area contributed by atoms with Crippen molar-refractivity contribution in [2.75, 3.05) is 6.61 Å². The molecular weight excluding hydrogens is 210 g/mol. The lowest BCUT2D eigenvalue weighted by atomic mass is 10.7. The monoisotopic (exact) mass is 215 g/mol.